The van der Waals surface area contributed by atoms with Crippen LogP contribution >= 0.6 is 0 Å². The molecule has 0 aliphatic heterocycles. The highest BCUT2D eigenvalue weighted by Gasteiger charge is 2.21. The molecule has 1 aliphatic carbocycles. The zero-order valence-electron chi connectivity index (χ0n) is 17.2. The highest BCUT2D eigenvalue weighted by molar-refractivity contribution is 5.97. The molecule has 0 saturated heterocycles. The summed E-state index contributed by atoms with van der Waals surface area (Å²) >= 11 is 0. The van der Waals surface area contributed by atoms with Crippen molar-refractivity contribution in [3.8, 4) is 16.9 Å². The normalized spacial score (nSPS) is 13.2. The van der Waals surface area contributed by atoms with Gasteiger partial charge >= 0.3 is 0 Å². The Hall–Kier alpha value is -3.33. The van der Waals surface area contributed by atoms with Crippen LogP contribution < -0.4 is 10.3 Å². The van der Waals surface area contributed by atoms with Gasteiger partial charge in [-0.2, -0.15) is 0 Å². The first-order valence-electron chi connectivity index (χ1n) is 10.6. The Bertz CT molecular complexity index is 1270. The first-order chi connectivity index (χ1) is 14.8. The number of pyridine rings is 1. The quantitative estimate of drug-likeness (QED) is 0.450. The van der Waals surface area contributed by atoms with E-state index in [0.29, 0.717) is 6.54 Å². The number of rotatable bonds is 4. The van der Waals surface area contributed by atoms with E-state index in [1.807, 2.05) is 41.0 Å². The second-order valence-corrected chi connectivity index (χ2v) is 7.97. The van der Waals surface area contributed by atoms with Gasteiger partial charge in [-0.15, -0.1) is 0 Å². The lowest BCUT2D eigenvalue weighted by molar-refractivity contribution is 0.415. The molecular weight excluding hydrogens is 370 g/mol. The predicted molar refractivity (Wildman–Crippen MR) is 122 cm³/mol. The van der Waals surface area contributed by atoms with Crippen molar-refractivity contribution in [2.24, 2.45) is 0 Å². The van der Waals surface area contributed by atoms with Gasteiger partial charge in [-0.3, -0.25) is 4.79 Å². The zero-order valence-corrected chi connectivity index (χ0v) is 17.2. The molecule has 0 atom stereocenters. The first kappa shape index (κ1) is 18.7. The lowest BCUT2D eigenvalue weighted by atomic mass is 9.84. The number of aryl methyl sites for hydroxylation is 1. The molecule has 0 N–H and O–H groups in total. The maximum absolute atomic E-state index is 13.3. The van der Waals surface area contributed by atoms with Crippen molar-refractivity contribution in [1.29, 1.82) is 0 Å². The topological polar surface area (TPSA) is 31.2 Å². The van der Waals surface area contributed by atoms with Crippen molar-refractivity contribution in [2.75, 3.05) is 7.11 Å². The van der Waals surface area contributed by atoms with Crippen LogP contribution in [0, 0.1) is 0 Å². The maximum Gasteiger partial charge on any atom is 0.251 e. The summed E-state index contributed by atoms with van der Waals surface area (Å²) in [6.45, 7) is 0.560. The van der Waals surface area contributed by atoms with E-state index < -0.39 is 0 Å². The minimum Gasteiger partial charge on any atom is -0.496 e. The van der Waals surface area contributed by atoms with Gasteiger partial charge in [0.25, 0.3) is 5.56 Å². The van der Waals surface area contributed by atoms with Crippen LogP contribution in [0.4, 0.5) is 0 Å². The van der Waals surface area contributed by atoms with Crippen LogP contribution in [0.2, 0.25) is 0 Å². The fraction of sp³-hybridized carbons (Fsp3) is 0.222. The summed E-state index contributed by atoms with van der Waals surface area (Å²) < 4.78 is 7.64. The van der Waals surface area contributed by atoms with Gasteiger partial charge in [-0.25, -0.2) is 0 Å². The number of fused-ring (bicyclic) bond motifs is 2. The van der Waals surface area contributed by atoms with Gasteiger partial charge in [0, 0.05) is 22.6 Å². The number of nitrogens with zero attached hydrogens (tertiary/aromatic N) is 1. The van der Waals surface area contributed by atoms with E-state index in [1.54, 1.807) is 13.2 Å². The molecule has 0 fully saturated rings. The van der Waals surface area contributed by atoms with Crippen LogP contribution in [0.25, 0.3) is 22.0 Å². The van der Waals surface area contributed by atoms with Crippen molar-refractivity contribution in [3.63, 3.8) is 0 Å². The summed E-state index contributed by atoms with van der Waals surface area (Å²) in [5.74, 6) is 0.848. The zero-order chi connectivity index (χ0) is 20.5. The van der Waals surface area contributed by atoms with E-state index in [-0.39, 0.29) is 5.56 Å². The Balaban J connectivity index is 1.77. The fourth-order valence-corrected chi connectivity index (χ4v) is 4.74. The third-order valence-electron chi connectivity index (χ3n) is 6.19. The summed E-state index contributed by atoms with van der Waals surface area (Å²) in [5, 5.41) is 1.09. The van der Waals surface area contributed by atoms with Gasteiger partial charge in [0.2, 0.25) is 0 Å². The lowest BCUT2D eigenvalue weighted by Gasteiger charge is -2.23. The molecule has 1 aliphatic rings. The monoisotopic (exact) mass is 395 g/mol. The van der Waals surface area contributed by atoms with Crippen molar-refractivity contribution >= 4 is 10.9 Å². The van der Waals surface area contributed by atoms with E-state index in [4.69, 9.17) is 4.74 Å². The maximum atomic E-state index is 13.3. The predicted octanol–water partition coefficient (Wildman–Crippen LogP) is 5.60. The number of ether oxygens (including phenoxy) is 1. The highest BCUT2D eigenvalue weighted by atomic mass is 16.5. The third kappa shape index (κ3) is 3.21. The molecule has 0 radical (unpaired) electrons. The molecule has 3 aromatic carbocycles. The average molecular weight is 396 g/mol. The minimum absolute atomic E-state index is 0.0167. The molecule has 0 unspecified atom stereocenters. The Morgan fingerprint density at radius 2 is 1.67 bits per heavy atom. The Morgan fingerprint density at radius 1 is 0.900 bits per heavy atom. The number of para-hydroxylation sites is 1. The molecule has 1 heterocycles. The van der Waals surface area contributed by atoms with Gasteiger partial charge in [0.1, 0.15) is 5.75 Å². The second kappa shape index (κ2) is 7.83. The summed E-state index contributed by atoms with van der Waals surface area (Å²) in [6, 6.07) is 24.4. The van der Waals surface area contributed by atoms with E-state index in [2.05, 4.69) is 30.3 Å². The van der Waals surface area contributed by atoms with Crippen LogP contribution in [0.15, 0.2) is 77.6 Å². The van der Waals surface area contributed by atoms with Gasteiger partial charge in [0.15, 0.2) is 0 Å². The molecule has 0 amide bonds. The third-order valence-corrected chi connectivity index (χ3v) is 6.19. The van der Waals surface area contributed by atoms with Gasteiger partial charge < -0.3 is 9.30 Å². The molecule has 0 bridgehead atoms. The van der Waals surface area contributed by atoms with Crippen LogP contribution in [-0.2, 0) is 19.4 Å². The molecule has 3 heteroatoms. The van der Waals surface area contributed by atoms with Crippen molar-refractivity contribution in [3.05, 3.63) is 99.8 Å². The second-order valence-electron chi connectivity index (χ2n) is 7.97. The van der Waals surface area contributed by atoms with Crippen molar-refractivity contribution < 1.29 is 4.74 Å². The molecule has 5 rings (SSSR count). The van der Waals surface area contributed by atoms with Crippen molar-refractivity contribution in [2.45, 2.75) is 32.2 Å². The van der Waals surface area contributed by atoms with Gasteiger partial charge in [0.05, 0.1) is 19.2 Å². The Labute approximate surface area is 176 Å². The molecule has 1 aromatic heterocycles. The molecule has 0 saturated carbocycles. The first-order valence-corrected chi connectivity index (χ1v) is 10.6. The largest absolute Gasteiger partial charge is 0.496 e. The SMILES string of the molecule is COc1ccc2c(c1-c1cc(=O)n(Cc3ccccc3)c3ccccc13)CCCC2. The van der Waals surface area contributed by atoms with E-state index >= 15 is 0 Å². The van der Waals surface area contributed by atoms with Crippen molar-refractivity contribution in [1.82, 2.24) is 4.57 Å². The molecule has 30 heavy (non-hydrogen) atoms. The Kier molecular flexibility index (Phi) is 4.88. The molecular formula is C27H25NO2. The average Bonchev–Trinajstić information content (AvgIpc) is 2.80. The van der Waals surface area contributed by atoms with Gasteiger partial charge in [-0.1, -0.05) is 54.6 Å². The van der Waals surface area contributed by atoms with Gasteiger partial charge in [-0.05, 0) is 54.5 Å². The standard InChI is InChI=1S/C27H25NO2/c1-30-25-16-15-20-11-5-6-12-21(20)27(25)23-17-26(29)28(18-19-9-3-2-4-10-19)24-14-8-7-13-22(23)24/h2-4,7-10,13-17H,5-6,11-12,18H2,1H3. The lowest BCUT2D eigenvalue weighted by Crippen LogP contribution is -2.21. The number of benzene rings is 3. The van der Waals surface area contributed by atoms with Crippen LogP contribution in [0.5, 0.6) is 5.75 Å². The van der Waals surface area contributed by atoms with E-state index in [1.165, 1.54) is 24.0 Å². The summed E-state index contributed by atoms with van der Waals surface area (Å²) in [6.07, 6.45) is 4.52. The minimum atomic E-state index is 0.0167. The molecule has 3 nitrogen and oxygen atoms in total. The smallest absolute Gasteiger partial charge is 0.251 e. The number of aromatic nitrogens is 1. The number of methoxy groups -OCH3 is 1. The summed E-state index contributed by atoms with van der Waals surface area (Å²) in [4.78, 5) is 13.3. The molecule has 150 valence electrons. The number of hydrogen-bond acceptors (Lipinski definition) is 2. The Morgan fingerprint density at radius 3 is 2.50 bits per heavy atom. The summed E-state index contributed by atoms with van der Waals surface area (Å²) in [7, 11) is 1.72. The van der Waals surface area contributed by atoms with Crippen LogP contribution in [0.1, 0.15) is 29.5 Å². The molecule has 4 aromatic rings. The molecule has 0 spiro atoms. The highest BCUT2D eigenvalue weighted by Crippen LogP contribution is 2.41. The summed E-state index contributed by atoms with van der Waals surface area (Å²) in [5.41, 5.74) is 6.89. The number of hydrogen-bond donors (Lipinski definition) is 0. The van der Waals surface area contributed by atoms with Crippen LogP contribution in [0.3, 0.4) is 0 Å². The van der Waals surface area contributed by atoms with Crippen LogP contribution in [-0.4, -0.2) is 11.7 Å². The van der Waals surface area contributed by atoms with E-state index in [9.17, 15) is 4.79 Å². The fourth-order valence-electron chi connectivity index (χ4n) is 4.74. The van der Waals surface area contributed by atoms with E-state index in [0.717, 1.165) is 46.2 Å².